The maximum absolute atomic E-state index is 12.3. The van der Waals surface area contributed by atoms with Crippen LogP contribution >= 0.6 is 11.3 Å². The summed E-state index contributed by atoms with van der Waals surface area (Å²) in [6.45, 7) is 5.14. The highest BCUT2D eigenvalue weighted by molar-refractivity contribution is 7.14. The first kappa shape index (κ1) is 19.9. The van der Waals surface area contributed by atoms with E-state index < -0.39 is 5.97 Å². The number of carbonyl (C=O) groups is 2. The summed E-state index contributed by atoms with van der Waals surface area (Å²) in [4.78, 5) is 28.6. The Balaban J connectivity index is 1.27. The van der Waals surface area contributed by atoms with Crippen LogP contribution in [-0.2, 0) is 27.1 Å². The molecule has 1 aliphatic carbocycles. The van der Waals surface area contributed by atoms with Crippen molar-refractivity contribution in [3.05, 3.63) is 45.6 Å². The molecule has 29 heavy (non-hydrogen) atoms. The summed E-state index contributed by atoms with van der Waals surface area (Å²) in [6, 6.07) is 9.60. The van der Waals surface area contributed by atoms with E-state index in [4.69, 9.17) is 9.47 Å². The van der Waals surface area contributed by atoms with Gasteiger partial charge in [-0.15, -0.1) is 11.3 Å². The Hall–Kier alpha value is -2.38. The van der Waals surface area contributed by atoms with Crippen LogP contribution in [0.5, 0.6) is 0 Å². The van der Waals surface area contributed by atoms with Crippen LogP contribution in [0, 0.1) is 5.92 Å². The van der Waals surface area contributed by atoms with Gasteiger partial charge in [-0.25, -0.2) is 4.79 Å². The van der Waals surface area contributed by atoms with E-state index in [1.54, 1.807) is 0 Å². The molecule has 2 aliphatic rings. The molecule has 154 valence electrons. The lowest BCUT2D eigenvalue weighted by Crippen LogP contribution is -2.36. The Labute approximate surface area is 174 Å². The molecule has 0 radical (unpaired) electrons. The summed E-state index contributed by atoms with van der Waals surface area (Å²) < 4.78 is 10.6. The van der Waals surface area contributed by atoms with Crippen LogP contribution < -0.4 is 10.2 Å². The number of hydrogen-bond donors (Lipinski definition) is 1. The van der Waals surface area contributed by atoms with Gasteiger partial charge in [-0.3, -0.25) is 4.79 Å². The van der Waals surface area contributed by atoms with Crippen LogP contribution in [0.1, 0.15) is 33.5 Å². The van der Waals surface area contributed by atoms with Crippen LogP contribution in [0.25, 0.3) is 0 Å². The molecule has 2 heterocycles. The second-order valence-electron chi connectivity index (χ2n) is 7.68. The fourth-order valence-corrected chi connectivity index (χ4v) is 4.88. The topological polar surface area (TPSA) is 67.9 Å². The van der Waals surface area contributed by atoms with Crippen molar-refractivity contribution in [2.45, 2.75) is 26.2 Å². The second kappa shape index (κ2) is 8.97. The van der Waals surface area contributed by atoms with E-state index in [-0.39, 0.29) is 12.5 Å². The van der Waals surface area contributed by atoms with Gasteiger partial charge in [-0.1, -0.05) is 6.92 Å². The Bertz CT molecular complexity index is 871. The number of anilines is 2. The number of rotatable bonds is 5. The molecule has 7 heteroatoms. The Morgan fingerprint density at radius 3 is 2.76 bits per heavy atom. The molecule has 4 rings (SSSR count). The molecule has 2 aromatic rings. The third-order valence-corrected chi connectivity index (χ3v) is 6.61. The van der Waals surface area contributed by atoms with Crippen molar-refractivity contribution in [3.63, 3.8) is 0 Å². The van der Waals surface area contributed by atoms with E-state index in [0.29, 0.717) is 16.5 Å². The van der Waals surface area contributed by atoms with E-state index in [2.05, 4.69) is 17.1 Å². The SMILES string of the molecule is C[C@@H]1CCc2sc(C(=O)OCC(=O)Nc3ccc(N4CCOCC4)cc3)cc2C1. The first-order chi connectivity index (χ1) is 14.1. The Kier molecular flexibility index (Phi) is 6.16. The summed E-state index contributed by atoms with van der Waals surface area (Å²) in [5.74, 6) is -0.108. The highest BCUT2D eigenvalue weighted by atomic mass is 32.1. The molecule has 1 aliphatic heterocycles. The lowest BCUT2D eigenvalue weighted by Gasteiger charge is -2.28. The Morgan fingerprint density at radius 2 is 2.00 bits per heavy atom. The maximum atomic E-state index is 12.3. The Morgan fingerprint density at radius 1 is 1.24 bits per heavy atom. The largest absolute Gasteiger partial charge is 0.451 e. The number of esters is 1. The van der Waals surface area contributed by atoms with Crippen LogP contribution in [0.3, 0.4) is 0 Å². The molecule has 1 aromatic carbocycles. The summed E-state index contributed by atoms with van der Waals surface area (Å²) >= 11 is 1.50. The van der Waals surface area contributed by atoms with Crippen LogP contribution in [0.15, 0.2) is 30.3 Å². The van der Waals surface area contributed by atoms with Gasteiger partial charge in [0.15, 0.2) is 6.61 Å². The molecule has 1 amide bonds. The predicted octanol–water partition coefficient (Wildman–Crippen LogP) is 3.51. The maximum Gasteiger partial charge on any atom is 0.348 e. The fourth-order valence-electron chi connectivity index (χ4n) is 3.78. The van der Waals surface area contributed by atoms with Gasteiger partial charge in [-0.2, -0.15) is 0 Å². The van der Waals surface area contributed by atoms with E-state index in [1.807, 2.05) is 30.3 Å². The van der Waals surface area contributed by atoms with Crippen LogP contribution in [-0.4, -0.2) is 44.8 Å². The number of amides is 1. The quantitative estimate of drug-likeness (QED) is 0.759. The highest BCUT2D eigenvalue weighted by Crippen LogP contribution is 2.32. The molecule has 0 bridgehead atoms. The number of carbonyl (C=O) groups excluding carboxylic acids is 2. The molecule has 1 saturated heterocycles. The minimum absolute atomic E-state index is 0.289. The van der Waals surface area contributed by atoms with Gasteiger partial charge >= 0.3 is 5.97 Å². The molecule has 1 N–H and O–H groups in total. The summed E-state index contributed by atoms with van der Waals surface area (Å²) in [5.41, 5.74) is 3.04. The van der Waals surface area contributed by atoms with E-state index in [9.17, 15) is 9.59 Å². The minimum Gasteiger partial charge on any atom is -0.451 e. The highest BCUT2D eigenvalue weighted by Gasteiger charge is 2.21. The molecule has 1 aromatic heterocycles. The number of thiophene rings is 1. The first-order valence-electron chi connectivity index (χ1n) is 10.1. The molecule has 0 saturated carbocycles. The van der Waals surface area contributed by atoms with Crippen molar-refractivity contribution in [2.24, 2.45) is 5.92 Å². The van der Waals surface area contributed by atoms with Gasteiger partial charge in [-0.05, 0) is 61.1 Å². The molecular weight excluding hydrogens is 388 g/mol. The molecule has 1 fully saturated rings. The van der Waals surface area contributed by atoms with Crippen LogP contribution in [0.2, 0.25) is 0 Å². The van der Waals surface area contributed by atoms with Gasteiger partial charge in [0, 0.05) is 29.3 Å². The van der Waals surface area contributed by atoms with E-state index in [1.165, 1.54) is 21.8 Å². The van der Waals surface area contributed by atoms with Gasteiger partial charge in [0.1, 0.15) is 4.88 Å². The normalized spacial score (nSPS) is 18.8. The summed E-state index contributed by atoms with van der Waals surface area (Å²) in [5, 5.41) is 2.78. The monoisotopic (exact) mass is 414 g/mol. The van der Waals surface area contributed by atoms with Gasteiger partial charge in [0.25, 0.3) is 5.91 Å². The third kappa shape index (κ3) is 4.97. The predicted molar refractivity (Wildman–Crippen MR) is 114 cm³/mol. The number of fused-ring (bicyclic) bond motifs is 1. The number of hydrogen-bond acceptors (Lipinski definition) is 6. The van der Waals surface area contributed by atoms with E-state index in [0.717, 1.165) is 51.3 Å². The first-order valence-corrected chi connectivity index (χ1v) is 10.9. The molecule has 1 atom stereocenters. The van der Waals surface area contributed by atoms with Crippen molar-refractivity contribution in [2.75, 3.05) is 43.1 Å². The number of nitrogens with zero attached hydrogens (tertiary/aromatic N) is 1. The molecule has 0 unspecified atom stereocenters. The van der Waals surface area contributed by atoms with Gasteiger partial charge < -0.3 is 19.7 Å². The lowest BCUT2D eigenvalue weighted by molar-refractivity contribution is -0.119. The number of aryl methyl sites for hydroxylation is 1. The lowest BCUT2D eigenvalue weighted by atomic mass is 9.90. The fraction of sp³-hybridized carbons (Fsp3) is 0.455. The zero-order valence-electron chi connectivity index (χ0n) is 16.6. The molecular formula is C22H26N2O4S. The van der Waals surface area contributed by atoms with Crippen molar-refractivity contribution in [3.8, 4) is 0 Å². The smallest absolute Gasteiger partial charge is 0.348 e. The number of nitrogens with one attached hydrogen (secondary N) is 1. The van der Waals surface area contributed by atoms with Gasteiger partial charge in [0.05, 0.1) is 13.2 Å². The van der Waals surface area contributed by atoms with Crippen molar-refractivity contribution in [1.82, 2.24) is 0 Å². The average molecular weight is 415 g/mol. The molecule has 6 nitrogen and oxygen atoms in total. The number of morpholine rings is 1. The minimum atomic E-state index is -0.421. The second-order valence-corrected chi connectivity index (χ2v) is 8.81. The van der Waals surface area contributed by atoms with Crippen molar-refractivity contribution in [1.29, 1.82) is 0 Å². The zero-order valence-corrected chi connectivity index (χ0v) is 17.4. The zero-order chi connectivity index (χ0) is 20.2. The van der Waals surface area contributed by atoms with Crippen molar-refractivity contribution < 1.29 is 19.1 Å². The average Bonchev–Trinajstić information content (AvgIpc) is 3.16. The summed E-state index contributed by atoms with van der Waals surface area (Å²) in [7, 11) is 0. The van der Waals surface area contributed by atoms with Crippen LogP contribution in [0.4, 0.5) is 11.4 Å². The number of benzene rings is 1. The van der Waals surface area contributed by atoms with Gasteiger partial charge in [0.2, 0.25) is 0 Å². The van der Waals surface area contributed by atoms with E-state index >= 15 is 0 Å². The number of ether oxygens (including phenoxy) is 2. The summed E-state index contributed by atoms with van der Waals surface area (Å²) in [6.07, 6.45) is 3.20. The standard InChI is InChI=1S/C22H26N2O4S/c1-15-2-7-19-16(12-15)13-20(29-19)22(26)28-14-21(25)23-17-3-5-18(6-4-17)24-8-10-27-11-9-24/h3-6,13,15H,2,7-12,14H2,1H3,(H,23,25)/t15-/m1/s1. The molecule has 0 spiro atoms. The van der Waals surface area contributed by atoms with Crippen molar-refractivity contribution >= 4 is 34.6 Å². The third-order valence-electron chi connectivity index (χ3n) is 5.39.